The standard InChI is InChI=1S/C30H28F3N7O2S/c1-17-6-8-22(9-7-17)43(41,42)40-16-24(23-12-19(31)13-25(32)28(23)40)29-35-15-26(33)30(39-29)38-21-5-3-4-20(14-21)37-27-10-11-34-18(2)36-27/h6-13,15-16,20-21H,3-5,14H2,1-2H3,(H,34,36,37)(H,35,38,39)/t20-,21+/m0/s1. The van der Waals surface area contributed by atoms with Gasteiger partial charge in [-0.05, 0) is 63.8 Å². The highest BCUT2D eigenvalue weighted by Gasteiger charge is 2.27. The molecule has 6 rings (SSSR count). The molecule has 0 radical (unpaired) electrons. The first-order valence-corrected chi connectivity index (χ1v) is 15.2. The molecule has 3 aromatic heterocycles. The van der Waals surface area contributed by atoms with Gasteiger partial charge in [0.2, 0.25) is 0 Å². The topological polar surface area (TPSA) is 115 Å². The number of hydrogen-bond donors (Lipinski definition) is 2. The van der Waals surface area contributed by atoms with Gasteiger partial charge in [-0.25, -0.2) is 45.5 Å². The number of aryl methyl sites for hydroxylation is 2. The molecule has 1 aliphatic carbocycles. The first-order chi connectivity index (χ1) is 20.6. The molecule has 3 heterocycles. The van der Waals surface area contributed by atoms with Gasteiger partial charge >= 0.3 is 0 Å². The largest absolute Gasteiger partial charge is 0.367 e. The maximum atomic E-state index is 15.2. The van der Waals surface area contributed by atoms with Crippen LogP contribution in [0, 0.1) is 31.3 Å². The van der Waals surface area contributed by atoms with E-state index in [2.05, 4.69) is 30.6 Å². The van der Waals surface area contributed by atoms with Crippen molar-refractivity contribution in [1.82, 2.24) is 23.9 Å². The molecule has 222 valence electrons. The summed E-state index contributed by atoms with van der Waals surface area (Å²) in [5.74, 6) is -1.50. The van der Waals surface area contributed by atoms with Crippen LogP contribution in [0.3, 0.4) is 0 Å². The van der Waals surface area contributed by atoms with Gasteiger partial charge in [0.1, 0.15) is 23.0 Å². The molecule has 13 heteroatoms. The molecule has 0 saturated heterocycles. The monoisotopic (exact) mass is 607 g/mol. The summed E-state index contributed by atoms with van der Waals surface area (Å²) in [7, 11) is -4.29. The van der Waals surface area contributed by atoms with Crippen LogP contribution in [0.4, 0.5) is 24.8 Å². The molecule has 0 bridgehead atoms. The molecule has 1 aliphatic rings. The summed E-state index contributed by atoms with van der Waals surface area (Å²) < 4.78 is 72.5. The molecule has 1 fully saturated rings. The van der Waals surface area contributed by atoms with Gasteiger partial charge in [0, 0.05) is 41.5 Å². The Morgan fingerprint density at radius 1 is 0.907 bits per heavy atom. The summed E-state index contributed by atoms with van der Waals surface area (Å²) in [5.41, 5.74) is 0.518. The molecule has 2 atom stereocenters. The van der Waals surface area contributed by atoms with E-state index in [0.717, 1.165) is 47.3 Å². The lowest BCUT2D eigenvalue weighted by atomic mass is 9.91. The van der Waals surface area contributed by atoms with Crippen LogP contribution in [0.1, 0.15) is 37.1 Å². The minimum Gasteiger partial charge on any atom is -0.367 e. The Hall–Kier alpha value is -4.52. The van der Waals surface area contributed by atoms with Gasteiger partial charge in [-0.3, -0.25) is 0 Å². The lowest BCUT2D eigenvalue weighted by Crippen LogP contribution is -2.35. The zero-order chi connectivity index (χ0) is 30.3. The van der Waals surface area contributed by atoms with Crippen LogP contribution in [-0.4, -0.2) is 44.4 Å². The summed E-state index contributed by atoms with van der Waals surface area (Å²) in [6.45, 7) is 3.62. The maximum absolute atomic E-state index is 15.2. The summed E-state index contributed by atoms with van der Waals surface area (Å²) >= 11 is 0. The SMILES string of the molecule is Cc1ccc(S(=O)(=O)n2cc(-c3ncc(F)c(N[C@@H]4CCC[C@H](Nc5ccnc(C)n5)C4)n3)c3cc(F)cc(F)c32)cc1. The first-order valence-electron chi connectivity index (χ1n) is 13.8. The number of nitrogens with zero attached hydrogens (tertiary/aromatic N) is 5. The van der Waals surface area contributed by atoms with E-state index in [0.29, 0.717) is 24.1 Å². The van der Waals surface area contributed by atoms with Crippen LogP contribution in [0.15, 0.2) is 66.0 Å². The Morgan fingerprint density at radius 2 is 1.65 bits per heavy atom. The minimum absolute atomic E-state index is 0.0365. The molecule has 5 aromatic rings. The van der Waals surface area contributed by atoms with Crippen LogP contribution >= 0.6 is 0 Å². The molecular weight excluding hydrogens is 579 g/mol. The van der Waals surface area contributed by atoms with Gasteiger partial charge < -0.3 is 10.6 Å². The number of benzene rings is 2. The second-order valence-corrected chi connectivity index (χ2v) is 12.5. The number of fused-ring (bicyclic) bond motifs is 1. The molecule has 2 N–H and O–H groups in total. The van der Waals surface area contributed by atoms with Crippen molar-refractivity contribution in [3.05, 3.63) is 89.9 Å². The molecule has 1 saturated carbocycles. The second-order valence-electron chi connectivity index (χ2n) is 10.7. The molecular formula is C30H28F3N7O2S. The molecule has 2 aromatic carbocycles. The number of aromatic nitrogens is 5. The van der Waals surface area contributed by atoms with E-state index in [1.807, 2.05) is 13.8 Å². The fourth-order valence-corrected chi connectivity index (χ4v) is 6.80. The summed E-state index contributed by atoms with van der Waals surface area (Å²) in [6, 6.07) is 9.43. The molecule has 0 unspecified atom stereocenters. The Kier molecular flexibility index (Phi) is 7.50. The number of hydrogen-bond acceptors (Lipinski definition) is 8. The highest BCUT2D eigenvalue weighted by atomic mass is 32.2. The van der Waals surface area contributed by atoms with E-state index in [1.54, 1.807) is 24.4 Å². The fourth-order valence-electron chi connectivity index (χ4n) is 5.43. The average molecular weight is 608 g/mol. The van der Waals surface area contributed by atoms with Gasteiger partial charge in [0.25, 0.3) is 10.0 Å². The Labute approximate surface area is 246 Å². The number of halogens is 3. The van der Waals surface area contributed by atoms with Crippen molar-refractivity contribution in [2.75, 3.05) is 10.6 Å². The number of rotatable bonds is 7. The third-order valence-corrected chi connectivity index (χ3v) is 9.16. The van der Waals surface area contributed by atoms with Crippen molar-refractivity contribution < 1.29 is 21.6 Å². The summed E-state index contributed by atoms with van der Waals surface area (Å²) in [6.07, 6.45) is 6.99. The summed E-state index contributed by atoms with van der Waals surface area (Å²) in [5, 5.41) is 6.50. The van der Waals surface area contributed by atoms with E-state index in [1.165, 1.54) is 12.1 Å². The van der Waals surface area contributed by atoms with Crippen molar-refractivity contribution >= 4 is 32.6 Å². The van der Waals surface area contributed by atoms with Gasteiger partial charge in [0.15, 0.2) is 23.3 Å². The highest BCUT2D eigenvalue weighted by Crippen LogP contribution is 2.35. The van der Waals surface area contributed by atoms with Crippen LogP contribution in [-0.2, 0) is 10.0 Å². The third kappa shape index (κ3) is 5.76. The zero-order valence-corrected chi connectivity index (χ0v) is 24.2. The number of nitrogens with one attached hydrogen (secondary N) is 2. The van der Waals surface area contributed by atoms with Crippen LogP contribution in [0.2, 0.25) is 0 Å². The van der Waals surface area contributed by atoms with Crippen molar-refractivity contribution in [2.24, 2.45) is 0 Å². The maximum Gasteiger partial charge on any atom is 0.268 e. The van der Waals surface area contributed by atoms with E-state index in [-0.39, 0.29) is 45.1 Å². The average Bonchev–Trinajstić information content (AvgIpc) is 3.35. The van der Waals surface area contributed by atoms with Gasteiger partial charge in [0.05, 0.1) is 11.1 Å². The molecule has 0 aliphatic heterocycles. The predicted molar refractivity (Wildman–Crippen MR) is 157 cm³/mol. The molecule has 9 nitrogen and oxygen atoms in total. The van der Waals surface area contributed by atoms with Gasteiger partial charge in [-0.15, -0.1) is 0 Å². The van der Waals surface area contributed by atoms with E-state index < -0.39 is 27.5 Å². The molecule has 0 amide bonds. The van der Waals surface area contributed by atoms with Crippen LogP contribution < -0.4 is 10.6 Å². The fraction of sp³-hybridized carbons (Fsp3) is 0.267. The Bertz CT molecular complexity index is 1930. The predicted octanol–water partition coefficient (Wildman–Crippen LogP) is 5.99. The van der Waals surface area contributed by atoms with E-state index >= 15 is 4.39 Å². The quantitative estimate of drug-likeness (QED) is 0.232. The normalized spacial score (nSPS) is 17.2. The summed E-state index contributed by atoms with van der Waals surface area (Å²) in [4.78, 5) is 16.8. The van der Waals surface area contributed by atoms with E-state index in [4.69, 9.17) is 0 Å². The zero-order valence-electron chi connectivity index (χ0n) is 23.4. The van der Waals surface area contributed by atoms with Crippen LogP contribution in [0.25, 0.3) is 22.3 Å². The lowest BCUT2D eigenvalue weighted by molar-refractivity contribution is 0.424. The number of anilines is 2. The van der Waals surface area contributed by atoms with Crippen molar-refractivity contribution in [2.45, 2.75) is 56.5 Å². The van der Waals surface area contributed by atoms with Crippen molar-refractivity contribution in [1.29, 1.82) is 0 Å². The van der Waals surface area contributed by atoms with Crippen LogP contribution in [0.5, 0.6) is 0 Å². The Balaban J connectivity index is 1.34. The smallest absolute Gasteiger partial charge is 0.268 e. The highest BCUT2D eigenvalue weighted by molar-refractivity contribution is 7.90. The molecule has 43 heavy (non-hydrogen) atoms. The minimum atomic E-state index is -4.29. The van der Waals surface area contributed by atoms with Crippen molar-refractivity contribution in [3.63, 3.8) is 0 Å². The second kappa shape index (κ2) is 11.3. The molecule has 0 spiro atoms. The van der Waals surface area contributed by atoms with E-state index in [9.17, 15) is 17.2 Å². The first kappa shape index (κ1) is 28.6. The third-order valence-electron chi connectivity index (χ3n) is 7.49. The van der Waals surface area contributed by atoms with Gasteiger partial charge in [-0.1, -0.05) is 17.7 Å². The Morgan fingerprint density at radius 3 is 2.40 bits per heavy atom. The van der Waals surface area contributed by atoms with Crippen molar-refractivity contribution in [3.8, 4) is 11.4 Å². The van der Waals surface area contributed by atoms with Gasteiger partial charge in [-0.2, -0.15) is 0 Å². The lowest BCUT2D eigenvalue weighted by Gasteiger charge is -2.31.